The largest absolute Gasteiger partial charge is 0.337 e. The molecule has 5 heterocycles. The molecule has 6 rings (SSSR count). The molecule has 9 nitrogen and oxygen atoms in total. The second-order valence-electron chi connectivity index (χ2n) is 9.89. The van der Waals surface area contributed by atoms with Crippen LogP contribution >= 0.6 is 11.6 Å². The molecule has 1 aromatic carbocycles. The van der Waals surface area contributed by atoms with Crippen molar-refractivity contribution in [2.24, 2.45) is 12.5 Å². The van der Waals surface area contributed by atoms with E-state index in [4.69, 9.17) is 11.6 Å². The van der Waals surface area contributed by atoms with Crippen LogP contribution in [0.2, 0.25) is 5.02 Å². The van der Waals surface area contributed by atoms with Crippen molar-refractivity contribution in [3.8, 4) is 11.3 Å². The minimum absolute atomic E-state index is 0.0610. The van der Waals surface area contributed by atoms with Gasteiger partial charge >= 0.3 is 0 Å². The standard InChI is InChI=1S/C24H26ClN7O2/c1-29-9-18(8-27-29)23(34)32-13-24(14-32)11-31(12-24)10-17-7-26-28-21(17)16-5-15-3-4-20(33)30(2)22(15)19(25)6-16/h5-9H,3-4,10-14H2,1-2H3,(H,26,28). The van der Waals surface area contributed by atoms with Gasteiger partial charge in [-0.2, -0.15) is 10.2 Å². The molecule has 3 aliphatic heterocycles. The number of nitrogens with zero attached hydrogens (tertiary/aromatic N) is 6. The number of hydrogen-bond donors (Lipinski definition) is 1. The average Bonchev–Trinajstić information content (AvgIpc) is 3.39. The molecule has 0 atom stereocenters. The number of anilines is 1. The lowest BCUT2D eigenvalue weighted by molar-refractivity contribution is -0.118. The number of benzene rings is 1. The highest BCUT2D eigenvalue weighted by Crippen LogP contribution is 2.42. The summed E-state index contributed by atoms with van der Waals surface area (Å²) in [5.41, 5.74) is 5.72. The highest BCUT2D eigenvalue weighted by molar-refractivity contribution is 6.34. The van der Waals surface area contributed by atoms with Crippen LogP contribution in [0.4, 0.5) is 5.69 Å². The first-order valence-corrected chi connectivity index (χ1v) is 11.8. The first kappa shape index (κ1) is 21.4. The van der Waals surface area contributed by atoms with E-state index in [-0.39, 0.29) is 17.2 Å². The Balaban J connectivity index is 1.11. The van der Waals surface area contributed by atoms with Crippen LogP contribution in [0.15, 0.2) is 30.7 Å². The number of carbonyl (C=O) groups is 2. The molecule has 0 unspecified atom stereocenters. The summed E-state index contributed by atoms with van der Waals surface area (Å²) >= 11 is 6.59. The van der Waals surface area contributed by atoms with Crippen LogP contribution < -0.4 is 4.90 Å². The van der Waals surface area contributed by atoms with Gasteiger partial charge in [0, 0.05) is 82.2 Å². The fraction of sp³-hybridized carbons (Fsp3) is 0.417. The first-order valence-electron chi connectivity index (χ1n) is 11.4. The Labute approximate surface area is 202 Å². The van der Waals surface area contributed by atoms with Crippen molar-refractivity contribution in [3.05, 3.63) is 52.4 Å². The zero-order chi connectivity index (χ0) is 23.6. The minimum Gasteiger partial charge on any atom is -0.337 e. The van der Waals surface area contributed by atoms with Crippen molar-refractivity contribution in [3.63, 3.8) is 0 Å². The number of amides is 2. The maximum absolute atomic E-state index is 12.6. The maximum atomic E-state index is 12.6. The second kappa shape index (κ2) is 7.68. The number of aryl methyl sites for hydroxylation is 2. The van der Waals surface area contributed by atoms with Crippen LogP contribution in [-0.4, -0.2) is 74.8 Å². The van der Waals surface area contributed by atoms with Gasteiger partial charge in [0.2, 0.25) is 5.91 Å². The van der Waals surface area contributed by atoms with E-state index >= 15 is 0 Å². The molecular weight excluding hydrogens is 454 g/mol. The monoisotopic (exact) mass is 479 g/mol. The molecule has 3 aromatic rings. The van der Waals surface area contributed by atoms with Crippen molar-refractivity contribution in [1.82, 2.24) is 29.8 Å². The van der Waals surface area contributed by atoms with Crippen molar-refractivity contribution >= 4 is 29.1 Å². The van der Waals surface area contributed by atoms with Crippen LogP contribution in [0.3, 0.4) is 0 Å². The number of hydrogen-bond acceptors (Lipinski definition) is 5. The first-order chi connectivity index (χ1) is 16.3. The van der Waals surface area contributed by atoms with E-state index in [1.54, 1.807) is 29.0 Å². The topological polar surface area (TPSA) is 90.4 Å². The second-order valence-corrected chi connectivity index (χ2v) is 10.3. The van der Waals surface area contributed by atoms with Crippen LogP contribution in [0.25, 0.3) is 11.3 Å². The summed E-state index contributed by atoms with van der Waals surface area (Å²) in [6.45, 7) is 4.31. The third-order valence-electron chi connectivity index (χ3n) is 7.26. The van der Waals surface area contributed by atoms with E-state index in [0.29, 0.717) is 23.4 Å². The van der Waals surface area contributed by atoms with Gasteiger partial charge in [-0.05, 0) is 24.1 Å². The third-order valence-corrected chi connectivity index (χ3v) is 7.54. The van der Waals surface area contributed by atoms with E-state index < -0.39 is 0 Å². The summed E-state index contributed by atoms with van der Waals surface area (Å²) in [7, 11) is 3.59. The van der Waals surface area contributed by atoms with Gasteiger partial charge in [0.05, 0.1) is 28.2 Å². The maximum Gasteiger partial charge on any atom is 0.257 e. The van der Waals surface area contributed by atoms with E-state index in [1.165, 1.54) is 0 Å². The quantitative estimate of drug-likeness (QED) is 0.620. The number of carbonyl (C=O) groups excluding carboxylic acids is 2. The number of likely N-dealkylation sites (tertiary alicyclic amines) is 2. The molecule has 10 heteroatoms. The molecule has 0 saturated carbocycles. The van der Waals surface area contributed by atoms with E-state index in [0.717, 1.165) is 60.8 Å². The molecule has 0 radical (unpaired) electrons. The summed E-state index contributed by atoms with van der Waals surface area (Å²) in [5.74, 6) is 0.150. The zero-order valence-electron chi connectivity index (χ0n) is 19.2. The van der Waals surface area contributed by atoms with Crippen molar-refractivity contribution in [2.45, 2.75) is 19.4 Å². The molecule has 2 saturated heterocycles. The molecule has 2 amide bonds. The normalized spacial score (nSPS) is 19.2. The Morgan fingerprint density at radius 3 is 2.71 bits per heavy atom. The molecule has 1 spiro atoms. The number of H-pyrrole nitrogens is 1. The Kier molecular flexibility index (Phi) is 4.82. The van der Waals surface area contributed by atoms with Gasteiger partial charge in [-0.25, -0.2) is 0 Å². The summed E-state index contributed by atoms with van der Waals surface area (Å²) < 4.78 is 1.66. The smallest absolute Gasteiger partial charge is 0.257 e. The SMILES string of the molecule is CN1C(=O)CCc2cc(-c3n[nH]cc3CN3CC4(C3)CN(C(=O)c3cnn(C)c3)C4)cc(Cl)c21. The van der Waals surface area contributed by atoms with Gasteiger partial charge < -0.3 is 9.80 Å². The summed E-state index contributed by atoms with van der Waals surface area (Å²) in [4.78, 5) is 30.6. The van der Waals surface area contributed by atoms with Gasteiger partial charge in [0.15, 0.2) is 0 Å². The molecular formula is C24H26ClN7O2. The Hall–Kier alpha value is -3.17. The van der Waals surface area contributed by atoms with Crippen LogP contribution in [0.5, 0.6) is 0 Å². The Morgan fingerprint density at radius 1 is 1.18 bits per heavy atom. The van der Waals surface area contributed by atoms with Gasteiger partial charge in [-0.1, -0.05) is 11.6 Å². The highest BCUT2D eigenvalue weighted by atomic mass is 35.5. The van der Waals surface area contributed by atoms with Crippen molar-refractivity contribution < 1.29 is 9.59 Å². The molecule has 2 fully saturated rings. The molecule has 34 heavy (non-hydrogen) atoms. The highest BCUT2D eigenvalue weighted by Gasteiger charge is 2.53. The summed E-state index contributed by atoms with van der Waals surface area (Å²) in [6.07, 6.45) is 6.53. The number of rotatable bonds is 4. The Morgan fingerprint density at radius 2 is 1.97 bits per heavy atom. The lowest BCUT2D eigenvalue weighted by Crippen LogP contribution is -2.72. The molecule has 0 aliphatic carbocycles. The summed E-state index contributed by atoms with van der Waals surface area (Å²) in [6, 6.07) is 4.01. The van der Waals surface area contributed by atoms with Crippen LogP contribution in [0, 0.1) is 5.41 Å². The number of halogens is 1. The minimum atomic E-state index is 0.0610. The van der Waals surface area contributed by atoms with Gasteiger partial charge in [0.1, 0.15) is 0 Å². The Bertz CT molecular complexity index is 1300. The average molecular weight is 480 g/mol. The van der Waals surface area contributed by atoms with Crippen molar-refractivity contribution in [1.29, 1.82) is 0 Å². The third kappa shape index (κ3) is 3.42. The van der Waals surface area contributed by atoms with Crippen LogP contribution in [-0.2, 0) is 24.8 Å². The molecule has 0 bridgehead atoms. The molecule has 176 valence electrons. The van der Waals surface area contributed by atoms with Crippen LogP contribution in [0.1, 0.15) is 27.9 Å². The predicted octanol–water partition coefficient (Wildman–Crippen LogP) is 2.33. The molecule has 1 N–H and O–H groups in total. The number of nitrogens with one attached hydrogen (secondary N) is 1. The van der Waals surface area contributed by atoms with Gasteiger partial charge in [-0.15, -0.1) is 0 Å². The van der Waals surface area contributed by atoms with Gasteiger partial charge in [0.25, 0.3) is 5.91 Å². The number of fused-ring (bicyclic) bond motifs is 1. The van der Waals surface area contributed by atoms with E-state index in [1.807, 2.05) is 24.2 Å². The summed E-state index contributed by atoms with van der Waals surface area (Å²) in [5, 5.41) is 12.2. The predicted molar refractivity (Wildman–Crippen MR) is 128 cm³/mol. The van der Waals surface area contributed by atoms with Crippen molar-refractivity contribution in [2.75, 3.05) is 38.1 Å². The number of aromatic amines is 1. The lowest BCUT2D eigenvalue weighted by atomic mass is 9.72. The fourth-order valence-corrected chi connectivity index (χ4v) is 6.02. The zero-order valence-corrected chi connectivity index (χ0v) is 20.0. The number of aromatic nitrogens is 4. The van der Waals surface area contributed by atoms with E-state index in [9.17, 15) is 9.59 Å². The molecule has 3 aliphatic rings. The fourth-order valence-electron chi connectivity index (χ4n) is 5.65. The molecule has 2 aromatic heterocycles. The lowest BCUT2D eigenvalue weighted by Gasteiger charge is -2.60. The van der Waals surface area contributed by atoms with Gasteiger partial charge in [-0.3, -0.25) is 24.3 Å². The van der Waals surface area contributed by atoms with E-state index in [2.05, 4.69) is 26.3 Å².